The summed E-state index contributed by atoms with van der Waals surface area (Å²) in [5.41, 5.74) is 1.28. The Balaban J connectivity index is 1.69. The summed E-state index contributed by atoms with van der Waals surface area (Å²) in [4.78, 5) is 0. The lowest BCUT2D eigenvalue weighted by Gasteiger charge is -2.24. The molecule has 1 saturated heterocycles. The number of hydrogen-bond donors (Lipinski definition) is 1. The number of benzene rings is 2. The van der Waals surface area contributed by atoms with E-state index in [4.69, 9.17) is 0 Å². The van der Waals surface area contributed by atoms with E-state index in [2.05, 4.69) is 42.5 Å². The zero-order valence-corrected chi connectivity index (χ0v) is 12.6. The third-order valence-electron chi connectivity index (χ3n) is 4.28. The number of fused-ring (bicyclic) bond motifs is 1. The largest absolute Gasteiger partial charge is 0.393 e. The van der Waals surface area contributed by atoms with Crippen LogP contribution in [0.15, 0.2) is 42.5 Å². The minimum atomic E-state index is -0.200. The molecule has 1 heterocycles. The van der Waals surface area contributed by atoms with E-state index < -0.39 is 0 Å². The van der Waals surface area contributed by atoms with E-state index >= 15 is 0 Å². The Morgan fingerprint density at radius 1 is 1.05 bits per heavy atom. The number of thioether (sulfide) groups is 1. The van der Waals surface area contributed by atoms with E-state index in [1.54, 1.807) is 0 Å². The first-order valence-corrected chi connectivity index (χ1v) is 8.71. The molecule has 1 nitrogen and oxygen atoms in total. The van der Waals surface area contributed by atoms with Crippen LogP contribution in [0, 0.1) is 5.92 Å². The van der Waals surface area contributed by atoms with Crippen molar-refractivity contribution in [3.05, 3.63) is 48.0 Å². The summed E-state index contributed by atoms with van der Waals surface area (Å²) in [5.74, 6) is 3.26. The molecule has 1 aliphatic rings. The molecule has 2 aromatic carbocycles. The summed E-state index contributed by atoms with van der Waals surface area (Å²) in [7, 11) is 0. The fourth-order valence-electron chi connectivity index (χ4n) is 3.17. The Hall–Kier alpha value is -0.990. The summed E-state index contributed by atoms with van der Waals surface area (Å²) in [5, 5.41) is 13.0. The van der Waals surface area contributed by atoms with Crippen LogP contribution in [0.3, 0.4) is 0 Å². The molecular formula is C18H22OS. The molecule has 1 N–H and O–H groups in total. The average Bonchev–Trinajstić information content (AvgIpc) is 2.48. The summed E-state index contributed by atoms with van der Waals surface area (Å²) >= 11 is 2.05. The predicted octanol–water partition coefficient (Wildman–Crippen LogP) is 4.28. The Kier molecular flexibility index (Phi) is 4.64. The fraction of sp³-hybridized carbons (Fsp3) is 0.444. The molecule has 106 valence electrons. The van der Waals surface area contributed by atoms with E-state index in [9.17, 15) is 5.11 Å². The monoisotopic (exact) mass is 286 g/mol. The maximum absolute atomic E-state index is 10.4. The van der Waals surface area contributed by atoms with Gasteiger partial charge in [0.15, 0.2) is 0 Å². The second-order valence-electron chi connectivity index (χ2n) is 5.79. The maximum Gasteiger partial charge on any atom is 0.0583 e. The van der Waals surface area contributed by atoms with Gasteiger partial charge in [0.1, 0.15) is 0 Å². The lowest BCUT2D eigenvalue weighted by molar-refractivity contribution is 0.140. The third-order valence-corrected chi connectivity index (χ3v) is 5.33. The van der Waals surface area contributed by atoms with Gasteiger partial charge < -0.3 is 5.11 Å². The molecule has 1 aliphatic heterocycles. The quantitative estimate of drug-likeness (QED) is 0.905. The van der Waals surface area contributed by atoms with Crippen LogP contribution in [-0.2, 0) is 6.42 Å². The molecule has 0 bridgehead atoms. The normalized spacial score (nSPS) is 18.2. The van der Waals surface area contributed by atoms with Gasteiger partial charge in [0.05, 0.1) is 6.10 Å². The molecule has 20 heavy (non-hydrogen) atoms. The van der Waals surface area contributed by atoms with Gasteiger partial charge in [-0.05, 0) is 59.4 Å². The highest BCUT2D eigenvalue weighted by molar-refractivity contribution is 7.99. The highest BCUT2D eigenvalue weighted by Crippen LogP contribution is 2.28. The summed E-state index contributed by atoms with van der Waals surface area (Å²) in [6.07, 6.45) is 4.09. The Morgan fingerprint density at radius 3 is 2.65 bits per heavy atom. The van der Waals surface area contributed by atoms with E-state index in [1.165, 1.54) is 40.7 Å². The van der Waals surface area contributed by atoms with E-state index in [0.717, 1.165) is 18.8 Å². The fourth-order valence-corrected chi connectivity index (χ4v) is 4.38. The van der Waals surface area contributed by atoms with Crippen molar-refractivity contribution in [1.29, 1.82) is 0 Å². The highest BCUT2D eigenvalue weighted by Gasteiger charge is 2.18. The predicted molar refractivity (Wildman–Crippen MR) is 88.3 cm³/mol. The van der Waals surface area contributed by atoms with Gasteiger partial charge in [-0.15, -0.1) is 0 Å². The lowest BCUT2D eigenvalue weighted by atomic mass is 9.91. The van der Waals surface area contributed by atoms with Crippen molar-refractivity contribution in [1.82, 2.24) is 0 Å². The van der Waals surface area contributed by atoms with Gasteiger partial charge in [0.25, 0.3) is 0 Å². The van der Waals surface area contributed by atoms with Crippen LogP contribution < -0.4 is 0 Å². The Labute approximate surface area is 125 Å². The van der Waals surface area contributed by atoms with E-state index in [0.29, 0.717) is 0 Å². The van der Waals surface area contributed by atoms with Gasteiger partial charge in [-0.2, -0.15) is 11.8 Å². The smallest absolute Gasteiger partial charge is 0.0583 e. The van der Waals surface area contributed by atoms with Crippen molar-refractivity contribution >= 4 is 22.5 Å². The number of aliphatic hydroxyl groups is 1. The van der Waals surface area contributed by atoms with Gasteiger partial charge in [-0.3, -0.25) is 0 Å². The molecule has 0 radical (unpaired) electrons. The van der Waals surface area contributed by atoms with E-state index in [-0.39, 0.29) is 6.10 Å². The SMILES string of the molecule is OC(Cc1cccc2ccccc12)CC1CCSCC1. The topological polar surface area (TPSA) is 20.2 Å². The first-order valence-electron chi connectivity index (χ1n) is 7.55. The maximum atomic E-state index is 10.4. The molecule has 1 fully saturated rings. The molecule has 0 spiro atoms. The number of rotatable bonds is 4. The molecule has 3 rings (SSSR count). The molecule has 2 aromatic rings. The Morgan fingerprint density at radius 2 is 1.80 bits per heavy atom. The molecule has 0 saturated carbocycles. The van der Waals surface area contributed by atoms with Crippen molar-refractivity contribution in [2.45, 2.75) is 31.8 Å². The van der Waals surface area contributed by atoms with Gasteiger partial charge in [-0.1, -0.05) is 42.5 Å². The molecule has 1 unspecified atom stereocenters. The van der Waals surface area contributed by atoms with Crippen LogP contribution in [0.1, 0.15) is 24.8 Å². The molecule has 2 heteroatoms. The van der Waals surface area contributed by atoms with Crippen LogP contribution in [-0.4, -0.2) is 22.7 Å². The van der Waals surface area contributed by atoms with Gasteiger partial charge in [-0.25, -0.2) is 0 Å². The molecule has 0 amide bonds. The van der Waals surface area contributed by atoms with Crippen molar-refractivity contribution in [2.24, 2.45) is 5.92 Å². The summed E-state index contributed by atoms with van der Waals surface area (Å²) < 4.78 is 0. The zero-order chi connectivity index (χ0) is 13.8. The van der Waals surface area contributed by atoms with Crippen LogP contribution in [0.25, 0.3) is 10.8 Å². The second kappa shape index (κ2) is 6.64. The molecule has 0 aliphatic carbocycles. The number of hydrogen-bond acceptors (Lipinski definition) is 2. The minimum absolute atomic E-state index is 0.200. The first-order chi connectivity index (χ1) is 9.83. The van der Waals surface area contributed by atoms with Crippen molar-refractivity contribution in [2.75, 3.05) is 11.5 Å². The second-order valence-corrected chi connectivity index (χ2v) is 7.01. The van der Waals surface area contributed by atoms with Gasteiger partial charge in [0, 0.05) is 0 Å². The number of aliphatic hydroxyl groups excluding tert-OH is 1. The summed E-state index contributed by atoms with van der Waals surface area (Å²) in [6, 6.07) is 14.9. The van der Waals surface area contributed by atoms with E-state index in [1.807, 2.05) is 11.8 Å². The Bertz CT molecular complexity index is 555. The molecule has 1 atom stereocenters. The van der Waals surface area contributed by atoms with Crippen molar-refractivity contribution in [3.8, 4) is 0 Å². The lowest BCUT2D eigenvalue weighted by Crippen LogP contribution is -2.19. The average molecular weight is 286 g/mol. The van der Waals surface area contributed by atoms with Crippen LogP contribution in [0.5, 0.6) is 0 Å². The standard InChI is InChI=1S/C18H22OS/c19-17(12-14-8-10-20-11-9-14)13-16-6-3-5-15-4-1-2-7-18(15)16/h1-7,14,17,19H,8-13H2. The van der Waals surface area contributed by atoms with Crippen LogP contribution in [0.2, 0.25) is 0 Å². The van der Waals surface area contributed by atoms with Crippen LogP contribution in [0.4, 0.5) is 0 Å². The van der Waals surface area contributed by atoms with Crippen molar-refractivity contribution < 1.29 is 5.11 Å². The zero-order valence-electron chi connectivity index (χ0n) is 11.8. The van der Waals surface area contributed by atoms with Gasteiger partial charge in [0.2, 0.25) is 0 Å². The van der Waals surface area contributed by atoms with Crippen LogP contribution >= 0.6 is 11.8 Å². The highest BCUT2D eigenvalue weighted by atomic mass is 32.2. The first kappa shape index (κ1) is 14.0. The van der Waals surface area contributed by atoms with Gasteiger partial charge >= 0.3 is 0 Å². The van der Waals surface area contributed by atoms with Crippen molar-refractivity contribution in [3.63, 3.8) is 0 Å². The summed E-state index contributed by atoms with van der Waals surface area (Å²) in [6.45, 7) is 0. The third kappa shape index (κ3) is 3.36. The minimum Gasteiger partial charge on any atom is -0.393 e. The molecule has 0 aromatic heterocycles. The molecular weight excluding hydrogens is 264 g/mol.